The van der Waals surface area contributed by atoms with Gasteiger partial charge in [-0.2, -0.15) is 0 Å². The molecule has 1 heterocycles. The number of aliphatic hydroxyl groups is 1. The molecule has 0 saturated heterocycles. The zero-order valence-electron chi connectivity index (χ0n) is 15.4. The van der Waals surface area contributed by atoms with Gasteiger partial charge in [-0.1, -0.05) is 25.1 Å². The van der Waals surface area contributed by atoms with Crippen LogP contribution in [0.2, 0.25) is 0 Å². The van der Waals surface area contributed by atoms with E-state index >= 15 is 0 Å². The highest BCUT2D eigenvalue weighted by Crippen LogP contribution is 2.50. The number of hydrogen-bond donors (Lipinski definition) is 1. The molecule has 1 amide bonds. The first kappa shape index (κ1) is 18.4. The van der Waals surface area contributed by atoms with Gasteiger partial charge in [-0.05, 0) is 48.6 Å². The van der Waals surface area contributed by atoms with Crippen molar-refractivity contribution in [1.29, 1.82) is 0 Å². The SMILES string of the molecule is CCC(CO)N(Cc1cccnc1)C(=O)C1(c2ccc(OC)cc2)CC1. The van der Waals surface area contributed by atoms with Crippen molar-refractivity contribution in [3.63, 3.8) is 0 Å². The van der Waals surface area contributed by atoms with E-state index in [-0.39, 0.29) is 18.6 Å². The average Bonchev–Trinajstić information content (AvgIpc) is 3.50. The molecule has 0 aliphatic heterocycles. The number of benzene rings is 1. The molecule has 1 atom stereocenters. The smallest absolute Gasteiger partial charge is 0.233 e. The minimum absolute atomic E-state index is 0.0405. The Labute approximate surface area is 154 Å². The Hall–Kier alpha value is -2.40. The summed E-state index contributed by atoms with van der Waals surface area (Å²) in [6, 6.07) is 11.4. The second-order valence-corrected chi connectivity index (χ2v) is 6.85. The predicted octanol–water partition coefficient (Wildman–Crippen LogP) is 2.92. The van der Waals surface area contributed by atoms with Crippen molar-refractivity contribution >= 4 is 5.91 Å². The number of amides is 1. The molecule has 1 aromatic heterocycles. The lowest BCUT2D eigenvalue weighted by molar-refractivity contribution is -0.138. The molecule has 1 aromatic carbocycles. The van der Waals surface area contributed by atoms with Gasteiger partial charge in [0.1, 0.15) is 5.75 Å². The lowest BCUT2D eigenvalue weighted by atomic mass is 9.93. The molecule has 1 aliphatic carbocycles. The number of rotatable bonds is 8. The molecule has 3 rings (SSSR count). The first-order valence-electron chi connectivity index (χ1n) is 9.10. The van der Waals surface area contributed by atoms with Gasteiger partial charge in [0.2, 0.25) is 5.91 Å². The predicted molar refractivity (Wildman–Crippen MR) is 99.9 cm³/mol. The summed E-state index contributed by atoms with van der Waals surface area (Å²) in [5.41, 5.74) is 1.52. The molecule has 0 spiro atoms. The molecule has 1 saturated carbocycles. The van der Waals surface area contributed by atoms with Crippen LogP contribution in [0, 0.1) is 0 Å². The number of aliphatic hydroxyl groups excluding tert-OH is 1. The van der Waals surface area contributed by atoms with Crippen LogP contribution in [0.3, 0.4) is 0 Å². The number of carbonyl (C=O) groups excluding carboxylic acids is 1. The number of nitrogens with zero attached hydrogens (tertiary/aromatic N) is 2. The summed E-state index contributed by atoms with van der Waals surface area (Å²) < 4.78 is 5.23. The van der Waals surface area contributed by atoms with Gasteiger partial charge >= 0.3 is 0 Å². The monoisotopic (exact) mass is 354 g/mol. The summed E-state index contributed by atoms with van der Waals surface area (Å²) >= 11 is 0. The van der Waals surface area contributed by atoms with E-state index in [0.717, 1.165) is 29.7 Å². The van der Waals surface area contributed by atoms with Crippen LogP contribution in [0.25, 0.3) is 0 Å². The van der Waals surface area contributed by atoms with Crippen molar-refractivity contribution in [3.8, 4) is 5.75 Å². The quantitative estimate of drug-likeness (QED) is 0.792. The molecular weight excluding hydrogens is 328 g/mol. The maximum atomic E-state index is 13.5. The van der Waals surface area contributed by atoms with Gasteiger partial charge < -0.3 is 14.7 Å². The molecule has 0 radical (unpaired) electrons. The molecule has 138 valence electrons. The van der Waals surface area contributed by atoms with Crippen LogP contribution in [0.15, 0.2) is 48.8 Å². The fourth-order valence-corrected chi connectivity index (χ4v) is 3.44. The van der Waals surface area contributed by atoms with Crippen LogP contribution >= 0.6 is 0 Å². The normalized spacial score (nSPS) is 16.0. The molecule has 0 bridgehead atoms. The second-order valence-electron chi connectivity index (χ2n) is 6.85. The molecular formula is C21H26N2O3. The lowest BCUT2D eigenvalue weighted by Gasteiger charge is -2.33. The van der Waals surface area contributed by atoms with E-state index in [0.29, 0.717) is 13.0 Å². The molecule has 5 heteroatoms. The van der Waals surface area contributed by atoms with Gasteiger partial charge in [0, 0.05) is 18.9 Å². The van der Waals surface area contributed by atoms with E-state index in [2.05, 4.69) is 4.98 Å². The molecule has 26 heavy (non-hydrogen) atoms. The fraction of sp³-hybridized carbons (Fsp3) is 0.429. The van der Waals surface area contributed by atoms with Gasteiger partial charge in [-0.25, -0.2) is 0 Å². The Morgan fingerprint density at radius 1 is 1.31 bits per heavy atom. The Kier molecular flexibility index (Phi) is 5.57. The van der Waals surface area contributed by atoms with Crippen molar-refractivity contribution in [2.45, 2.75) is 44.2 Å². The third kappa shape index (κ3) is 3.58. The summed E-state index contributed by atoms with van der Waals surface area (Å²) in [7, 11) is 1.63. The van der Waals surface area contributed by atoms with E-state index in [4.69, 9.17) is 4.74 Å². The van der Waals surface area contributed by atoms with Gasteiger partial charge in [0.15, 0.2) is 0 Å². The Balaban J connectivity index is 1.88. The third-order valence-corrected chi connectivity index (χ3v) is 5.26. The van der Waals surface area contributed by atoms with Crippen LogP contribution in [0.5, 0.6) is 5.75 Å². The highest BCUT2D eigenvalue weighted by molar-refractivity contribution is 5.91. The standard InChI is InChI=1S/C21H26N2O3/c1-3-18(15-24)23(14-16-5-4-12-22-13-16)20(25)21(10-11-21)17-6-8-19(26-2)9-7-17/h4-9,12-13,18,24H,3,10-11,14-15H2,1-2H3. The highest BCUT2D eigenvalue weighted by atomic mass is 16.5. The second kappa shape index (κ2) is 7.87. The first-order valence-corrected chi connectivity index (χ1v) is 9.10. The Morgan fingerprint density at radius 3 is 2.54 bits per heavy atom. The van der Waals surface area contributed by atoms with Crippen LogP contribution in [0.4, 0.5) is 0 Å². The number of aromatic nitrogens is 1. The largest absolute Gasteiger partial charge is 0.497 e. The van der Waals surface area contributed by atoms with Crippen molar-refractivity contribution < 1.29 is 14.6 Å². The number of methoxy groups -OCH3 is 1. The molecule has 1 aliphatic rings. The number of carbonyl (C=O) groups is 1. The lowest BCUT2D eigenvalue weighted by Crippen LogP contribution is -2.46. The van der Waals surface area contributed by atoms with Gasteiger partial charge in [0.05, 0.1) is 25.2 Å². The van der Waals surface area contributed by atoms with E-state index in [1.54, 1.807) is 19.5 Å². The van der Waals surface area contributed by atoms with Gasteiger partial charge in [-0.3, -0.25) is 9.78 Å². The van der Waals surface area contributed by atoms with Crippen LogP contribution in [-0.2, 0) is 16.8 Å². The summed E-state index contributed by atoms with van der Waals surface area (Å²) in [5.74, 6) is 0.874. The van der Waals surface area contributed by atoms with Crippen LogP contribution < -0.4 is 4.74 Å². The number of hydrogen-bond acceptors (Lipinski definition) is 4. The van der Waals surface area contributed by atoms with E-state index in [9.17, 15) is 9.90 Å². The minimum Gasteiger partial charge on any atom is -0.497 e. The maximum absolute atomic E-state index is 13.5. The summed E-state index contributed by atoms with van der Waals surface area (Å²) in [4.78, 5) is 19.5. The van der Waals surface area contributed by atoms with Crippen LogP contribution in [0.1, 0.15) is 37.3 Å². The third-order valence-electron chi connectivity index (χ3n) is 5.26. The van der Waals surface area contributed by atoms with Gasteiger partial charge in [0.25, 0.3) is 0 Å². The van der Waals surface area contributed by atoms with Crippen molar-refractivity contribution in [1.82, 2.24) is 9.88 Å². The summed E-state index contributed by atoms with van der Waals surface area (Å²) in [6.07, 6.45) is 5.88. The van der Waals surface area contributed by atoms with E-state index in [1.807, 2.05) is 48.2 Å². The van der Waals surface area contributed by atoms with E-state index in [1.165, 1.54) is 0 Å². The zero-order valence-corrected chi connectivity index (χ0v) is 15.4. The molecule has 5 nitrogen and oxygen atoms in total. The maximum Gasteiger partial charge on any atom is 0.233 e. The highest BCUT2D eigenvalue weighted by Gasteiger charge is 2.53. The molecule has 1 unspecified atom stereocenters. The Morgan fingerprint density at radius 2 is 2.04 bits per heavy atom. The first-order chi connectivity index (χ1) is 12.6. The number of pyridine rings is 1. The average molecular weight is 354 g/mol. The zero-order chi connectivity index (χ0) is 18.6. The topological polar surface area (TPSA) is 62.7 Å². The van der Waals surface area contributed by atoms with Crippen molar-refractivity contribution in [3.05, 3.63) is 59.9 Å². The molecule has 2 aromatic rings. The van der Waals surface area contributed by atoms with E-state index < -0.39 is 5.41 Å². The minimum atomic E-state index is -0.475. The number of ether oxygens (including phenoxy) is 1. The van der Waals surface area contributed by atoms with Crippen LogP contribution in [-0.4, -0.2) is 40.7 Å². The fourth-order valence-electron chi connectivity index (χ4n) is 3.44. The van der Waals surface area contributed by atoms with Crippen molar-refractivity contribution in [2.24, 2.45) is 0 Å². The summed E-state index contributed by atoms with van der Waals surface area (Å²) in [5, 5.41) is 9.82. The van der Waals surface area contributed by atoms with Crippen molar-refractivity contribution in [2.75, 3.05) is 13.7 Å². The Bertz CT molecular complexity index is 723. The molecule has 1 N–H and O–H groups in total. The summed E-state index contributed by atoms with van der Waals surface area (Å²) in [6.45, 7) is 2.42. The van der Waals surface area contributed by atoms with Gasteiger partial charge in [-0.15, -0.1) is 0 Å². The molecule has 1 fully saturated rings.